The lowest BCUT2D eigenvalue weighted by molar-refractivity contribution is 0.0526. The summed E-state index contributed by atoms with van der Waals surface area (Å²) in [4.78, 5) is 27.4. The van der Waals surface area contributed by atoms with Crippen molar-refractivity contribution < 1.29 is 14.3 Å². The van der Waals surface area contributed by atoms with Crippen LogP contribution in [-0.4, -0.2) is 28.7 Å². The van der Waals surface area contributed by atoms with Crippen molar-refractivity contribution in [2.75, 3.05) is 11.5 Å². The minimum absolute atomic E-state index is 0.159. The van der Waals surface area contributed by atoms with Crippen LogP contribution in [0.4, 0.5) is 5.69 Å². The van der Waals surface area contributed by atoms with E-state index in [2.05, 4.69) is 10.2 Å². The van der Waals surface area contributed by atoms with Crippen molar-refractivity contribution in [2.45, 2.75) is 19.9 Å². The van der Waals surface area contributed by atoms with Crippen molar-refractivity contribution in [3.63, 3.8) is 0 Å². The van der Waals surface area contributed by atoms with Gasteiger partial charge in [0.1, 0.15) is 5.69 Å². The molecule has 0 radical (unpaired) electrons. The summed E-state index contributed by atoms with van der Waals surface area (Å²) in [6.45, 7) is 4.12. The molecular formula is C27H23N3O3. The Labute approximate surface area is 191 Å². The number of carbonyl (C=O) groups is 2. The number of carbonyl (C=O) groups excluding carboxylic acids is 2. The van der Waals surface area contributed by atoms with E-state index < -0.39 is 0 Å². The Kier molecular flexibility index (Phi) is 5.26. The number of aryl methyl sites for hydroxylation is 1. The molecule has 1 aromatic heterocycles. The molecule has 1 atom stereocenters. The second kappa shape index (κ2) is 8.39. The molecule has 6 nitrogen and oxygen atoms in total. The average Bonchev–Trinajstić information content (AvgIpc) is 3.39. The van der Waals surface area contributed by atoms with Crippen LogP contribution in [0.15, 0.2) is 78.9 Å². The molecule has 1 aliphatic rings. The minimum atomic E-state index is -0.382. The summed E-state index contributed by atoms with van der Waals surface area (Å²) in [6.07, 6.45) is 0. The fourth-order valence-electron chi connectivity index (χ4n) is 4.27. The number of ether oxygens (including phenoxy) is 1. The van der Waals surface area contributed by atoms with E-state index in [0.717, 1.165) is 27.9 Å². The molecular weight excluding hydrogens is 414 g/mol. The van der Waals surface area contributed by atoms with Gasteiger partial charge < -0.3 is 4.74 Å². The van der Waals surface area contributed by atoms with E-state index in [-0.39, 0.29) is 17.9 Å². The molecule has 4 aromatic rings. The number of anilines is 1. The van der Waals surface area contributed by atoms with Crippen LogP contribution in [-0.2, 0) is 4.74 Å². The van der Waals surface area contributed by atoms with Crippen molar-refractivity contribution in [2.24, 2.45) is 0 Å². The molecule has 5 rings (SSSR count). The molecule has 0 aliphatic carbocycles. The molecule has 0 saturated heterocycles. The van der Waals surface area contributed by atoms with E-state index in [1.165, 1.54) is 0 Å². The second-order valence-corrected chi connectivity index (χ2v) is 7.98. The van der Waals surface area contributed by atoms with Crippen molar-refractivity contribution in [1.82, 2.24) is 10.2 Å². The van der Waals surface area contributed by atoms with Crippen LogP contribution in [0.5, 0.6) is 0 Å². The zero-order chi connectivity index (χ0) is 22.9. The first kappa shape index (κ1) is 20.7. The zero-order valence-corrected chi connectivity index (χ0v) is 18.4. The first-order chi connectivity index (χ1) is 16.1. The third kappa shape index (κ3) is 3.59. The van der Waals surface area contributed by atoms with E-state index in [4.69, 9.17) is 4.74 Å². The van der Waals surface area contributed by atoms with E-state index in [9.17, 15) is 9.59 Å². The van der Waals surface area contributed by atoms with E-state index >= 15 is 0 Å². The van der Waals surface area contributed by atoms with Gasteiger partial charge in [0.25, 0.3) is 5.91 Å². The zero-order valence-electron chi connectivity index (χ0n) is 18.4. The lowest BCUT2D eigenvalue weighted by Gasteiger charge is -2.26. The summed E-state index contributed by atoms with van der Waals surface area (Å²) >= 11 is 0. The maximum absolute atomic E-state index is 13.6. The third-order valence-corrected chi connectivity index (χ3v) is 5.87. The van der Waals surface area contributed by atoms with Crippen LogP contribution in [0.3, 0.4) is 0 Å². The Morgan fingerprint density at radius 2 is 1.70 bits per heavy atom. The Hall–Kier alpha value is -4.19. The summed E-state index contributed by atoms with van der Waals surface area (Å²) in [6, 6.07) is 24.6. The van der Waals surface area contributed by atoms with Crippen molar-refractivity contribution in [1.29, 1.82) is 0 Å². The normalized spacial score (nSPS) is 14.9. The van der Waals surface area contributed by atoms with Gasteiger partial charge in [0.05, 0.1) is 23.9 Å². The molecule has 0 spiro atoms. The fraction of sp³-hybridized carbons (Fsp3) is 0.148. The highest BCUT2D eigenvalue weighted by molar-refractivity contribution is 6.11. The second-order valence-electron chi connectivity index (χ2n) is 7.98. The molecule has 0 saturated carbocycles. The van der Waals surface area contributed by atoms with Gasteiger partial charge in [0.15, 0.2) is 0 Å². The average molecular weight is 437 g/mol. The molecule has 0 bridgehead atoms. The molecule has 3 aromatic carbocycles. The smallest absolute Gasteiger partial charge is 0.338 e. The molecule has 33 heavy (non-hydrogen) atoms. The number of esters is 1. The monoisotopic (exact) mass is 437 g/mol. The predicted molar refractivity (Wildman–Crippen MR) is 126 cm³/mol. The van der Waals surface area contributed by atoms with Gasteiger partial charge in [-0.25, -0.2) is 4.79 Å². The van der Waals surface area contributed by atoms with Gasteiger partial charge in [0.2, 0.25) is 0 Å². The van der Waals surface area contributed by atoms with Crippen molar-refractivity contribution in [3.05, 3.63) is 107 Å². The third-order valence-electron chi connectivity index (χ3n) is 5.87. The molecule has 1 N–H and O–H groups in total. The molecule has 6 heteroatoms. The number of H-pyrrole nitrogens is 1. The number of nitrogens with one attached hydrogen (secondary N) is 1. The number of fused-ring (bicyclic) bond motifs is 1. The number of benzene rings is 3. The van der Waals surface area contributed by atoms with Gasteiger partial charge in [-0.05, 0) is 43.7 Å². The molecule has 0 fully saturated rings. The highest BCUT2D eigenvalue weighted by Gasteiger charge is 2.43. The molecule has 2 heterocycles. The van der Waals surface area contributed by atoms with E-state index in [1.807, 2.05) is 61.5 Å². The van der Waals surface area contributed by atoms with Crippen LogP contribution in [0.1, 0.15) is 50.5 Å². The fourth-order valence-corrected chi connectivity index (χ4v) is 4.27. The summed E-state index contributed by atoms with van der Waals surface area (Å²) in [5.74, 6) is -0.541. The number of hydrogen-bond acceptors (Lipinski definition) is 4. The van der Waals surface area contributed by atoms with Crippen LogP contribution >= 0.6 is 0 Å². The topological polar surface area (TPSA) is 75.3 Å². The Balaban J connectivity index is 1.62. The lowest BCUT2D eigenvalue weighted by atomic mass is 9.95. The maximum atomic E-state index is 13.6. The minimum Gasteiger partial charge on any atom is -0.462 e. The summed E-state index contributed by atoms with van der Waals surface area (Å²) in [7, 11) is 0. The van der Waals surface area contributed by atoms with Crippen molar-refractivity contribution >= 4 is 17.6 Å². The van der Waals surface area contributed by atoms with Gasteiger partial charge in [-0.15, -0.1) is 0 Å². The largest absolute Gasteiger partial charge is 0.462 e. The summed E-state index contributed by atoms with van der Waals surface area (Å²) in [5, 5.41) is 7.50. The van der Waals surface area contributed by atoms with Crippen LogP contribution < -0.4 is 4.90 Å². The number of nitrogens with zero attached hydrogens (tertiary/aromatic N) is 2. The Morgan fingerprint density at radius 1 is 1.00 bits per heavy atom. The van der Waals surface area contributed by atoms with Gasteiger partial charge in [-0.1, -0.05) is 60.2 Å². The van der Waals surface area contributed by atoms with Crippen molar-refractivity contribution in [3.8, 4) is 11.3 Å². The number of amides is 1. The van der Waals surface area contributed by atoms with Gasteiger partial charge >= 0.3 is 5.97 Å². The van der Waals surface area contributed by atoms with E-state index in [1.54, 1.807) is 36.1 Å². The lowest BCUT2D eigenvalue weighted by Crippen LogP contribution is -2.29. The predicted octanol–water partition coefficient (Wildman–Crippen LogP) is 5.31. The number of aromatic nitrogens is 2. The van der Waals surface area contributed by atoms with Crippen LogP contribution in [0.25, 0.3) is 11.3 Å². The number of aromatic amines is 1. The standard InChI is InChI=1S/C27H23N3O3/c1-3-33-27(32)20-13-15-21(16-14-20)30-25(19-7-5-4-6-8-19)22-23(28-29-24(22)26(30)31)18-11-9-17(2)10-12-18/h4-16,25H,3H2,1-2H3,(H,28,29). The Morgan fingerprint density at radius 3 is 2.36 bits per heavy atom. The SMILES string of the molecule is CCOC(=O)c1ccc(N2C(=O)c3[nH]nc(-c4ccc(C)cc4)c3C2c2ccccc2)cc1. The van der Waals surface area contributed by atoms with Crippen LogP contribution in [0.2, 0.25) is 0 Å². The quantitative estimate of drug-likeness (QED) is 0.429. The highest BCUT2D eigenvalue weighted by Crippen LogP contribution is 2.44. The molecule has 1 aliphatic heterocycles. The summed E-state index contributed by atoms with van der Waals surface area (Å²) < 4.78 is 5.08. The van der Waals surface area contributed by atoms with Crippen LogP contribution in [0, 0.1) is 6.92 Å². The number of rotatable bonds is 5. The first-order valence-corrected chi connectivity index (χ1v) is 10.9. The van der Waals surface area contributed by atoms with E-state index in [0.29, 0.717) is 23.6 Å². The summed E-state index contributed by atoms with van der Waals surface area (Å²) in [5.41, 5.74) is 6.33. The number of hydrogen-bond donors (Lipinski definition) is 1. The maximum Gasteiger partial charge on any atom is 0.338 e. The molecule has 1 unspecified atom stereocenters. The first-order valence-electron chi connectivity index (χ1n) is 10.9. The van der Waals surface area contributed by atoms with Gasteiger partial charge in [-0.2, -0.15) is 5.10 Å². The molecule has 164 valence electrons. The Bertz CT molecular complexity index is 1310. The van der Waals surface area contributed by atoms with Gasteiger partial charge in [-0.3, -0.25) is 14.8 Å². The highest BCUT2D eigenvalue weighted by atomic mass is 16.5. The van der Waals surface area contributed by atoms with Gasteiger partial charge in [0, 0.05) is 16.8 Å². The molecule has 1 amide bonds.